The van der Waals surface area contributed by atoms with Crippen LogP contribution in [0, 0.1) is 11.8 Å². The Kier molecular flexibility index (Phi) is 4.90. The molecule has 1 aliphatic heterocycles. The number of carbonyl (C=O) groups is 1. The maximum atomic E-state index is 12.0. The summed E-state index contributed by atoms with van der Waals surface area (Å²) < 4.78 is 4.67. The van der Waals surface area contributed by atoms with Crippen molar-refractivity contribution < 1.29 is 9.32 Å². The van der Waals surface area contributed by atoms with Gasteiger partial charge in [-0.15, -0.1) is 0 Å². The summed E-state index contributed by atoms with van der Waals surface area (Å²) in [6, 6.07) is -0.202. The largest absolute Gasteiger partial charge is 0.346 e. The van der Waals surface area contributed by atoms with Crippen LogP contribution >= 0.6 is 0 Å². The molecule has 0 spiro atoms. The number of hydrogen-bond acceptors (Lipinski definition) is 5. The molecule has 6 nitrogen and oxygen atoms in total. The van der Waals surface area contributed by atoms with Crippen LogP contribution in [0.15, 0.2) is 10.9 Å². The molecule has 0 radical (unpaired) electrons. The average molecular weight is 266 g/mol. The van der Waals surface area contributed by atoms with E-state index in [1.54, 1.807) is 0 Å². The van der Waals surface area contributed by atoms with Crippen molar-refractivity contribution in [2.24, 2.45) is 11.8 Å². The molecule has 1 saturated heterocycles. The molecule has 2 rings (SSSR count). The first-order valence-electron chi connectivity index (χ1n) is 6.93. The molecule has 2 heterocycles. The van der Waals surface area contributed by atoms with Gasteiger partial charge < -0.3 is 15.2 Å². The van der Waals surface area contributed by atoms with E-state index >= 15 is 0 Å². The molecule has 0 aromatic carbocycles. The standard InChI is InChI=1S/C13H22N4O2/c1-9(11-3-5-14-6-4-11)7-12(18)16-10(2)13-15-8-19-17-13/h8-11,14H,3-7H2,1-2H3,(H,16,18). The van der Waals surface area contributed by atoms with Gasteiger partial charge in [0.25, 0.3) is 0 Å². The quantitative estimate of drug-likeness (QED) is 0.839. The molecular formula is C13H22N4O2. The van der Waals surface area contributed by atoms with E-state index in [4.69, 9.17) is 0 Å². The third kappa shape index (κ3) is 4.02. The third-order valence-electron chi connectivity index (χ3n) is 3.84. The van der Waals surface area contributed by atoms with Gasteiger partial charge in [0.2, 0.25) is 12.3 Å². The van der Waals surface area contributed by atoms with E-state index in [-0.39, 0.29) is 11.9 Å². The van der Waals surface area contributed by atoms with Gasteiger partial charge in [-0.3, -0.25) is 4.79 Å². The summed E-state index contributed by atoms with van der Waals surface area (Å²) in [6.45, 7) is 6.15. The number of amides is 1. The molecular weight excluding hydrogens is 244 g/mol. The molecule has 2 atom stereocenters. The SMILES string of the molecule is CC(NC(=O)CC(C)C1CCNCC1)c1ncon1. The Balaban J connectivity index is 1.77. The monoisotopic (exact) mass is 266 g/mol. The van der Waals surface area contributed by atoms with E-state index in [9.17, 15) is 4.79 Å². The summed E-state index contributed by atoms with van der Waals surface area (Å²) >= 11 is 0. The van der Waals surface area contributed by atoms with Crippen molar-refractivity contribution in [2.45, 2.75) is 39.2 Å². The highest BCUT2D eigenvalue weighted by atomic mass is 16.5. The van der Waals surface area contributed by atoms with Crippen molar-refractivity contribution in [2.75, 3.05) is 13.1 Å². The van der Waals surface area contributed by atoms with Crippen LogP contribution in [0.5, 0.6) is 0 Å². The Labute approximate surface area is 113 Å². The Morgan fingerprint density at radius 3 is 2.89 bits per heavy atom. The lowest BCUT2D eigenvalue weighted by Crippen LogP contribution is -2.34. The molecule has 0 aliphatic carbocycles. The van der Waals surface area contributed by atoms with Gasteiger partial charge in [0, 0.05) is 6.42 Å². The number of carbonyl (C=O) groups excluding carboxylic acids is 1. The summed E-state index contributed by atoms with van der Waals surface area (Å²) in [7, 11) is 0. The Morgan fingerprint density at radius 1 is 1.53 bits per heavy atom. The lowest BCUT2D eigenvalue weighted by molar-refractivity contribution is -0.123. The summed E-state index contributed by atoms with van der Waals surface area (Å²) in [5.74, 6) is 1.64. The summed E-state index contributed by atoms with van der Waals surface area (Å²) in [5, 5.41) is 9.99. The zero-order chi connectivity index (χ0) is 13.7. The second-order valence-corrected chi connectivity index (χ2v) is 5.35. The molecule has 1 aliphatic rings. The van der Waals surface area contributed by atoms with Crippen LogP contribution < -0.4 is 10.6 Å². The Morgan fingerprint density at radius 2 is 2.26 bits per heavy atom. The van der Waals surface area contributed by atoms with Crippen molar-refractivity contribution in [3.05, 3.63) is 12.2 Å². The summed E-state index contributed by atoms with van der Waals surface area (Å²) in [5.41, 5.74) is 0. The average Bonchev–Trinajstić information content (AvgIpc) is 2.93. The van der Waals surface area contributed by atoms with Gasteiger partial charge in [-0.25, -0.2) is 0 Å². The first-order valence-corrected chi connectivity index (χ1v) is 6.93. The minimum atomic E-state index is -0.202. The maximum Gasteiger partial charge on any atom is 0.220 e. The second kappa shape index (κ2) is 6.65. The lowest BCUT2D eigenvalue weighted by atomic mass is 9.84. The summed E-state index contributed by atoms with van der Waals surface area (Å²) in [4.78, 5) is 15.9. The van der Waals surface area contributed by atoms with E-state index in [0.717, 1.165) is 25.9 Å². The van der Waals surface area contributed by atoms with Crippen LogP contribution in [0.2, 0.25) is 0 Å². The molecule has 0 saturated carbocycles. The Bertz CT molecular complexity index is 387. The van der Waals surface area contributed by atoms with Crippen LogP contribution in [0.3, 0.4) is 0 Å². The highest BCUT2D eigenvalue weighted by Gasteiger charge is 2.23. The number of piperidine rings is 1. The van der Waals surface area contributed by atoms with Crippen LogP contribution in [0.1, 0.15) is 45.0 Å². The number of nitrogens with one attached hydrogen (secondary N) is 2. The van der Waals surface area contributed by atoms with Gasteiger partial charge >= 0.3 is 0 Å². The molecule has 19 heavy (non-hydrogen) atoms. The number of rotatable bonds is 5. The van der Waals surface area contributed by atoms with E-state index in [1.165, 1.54) is 6.39 Å². The fraction of sp³-hybridized carbons (Fsp3) is 0.769. The van der Waals surface area contributed by atoms with Crippen molar-refractivity contribution in [1.29, 1.82) is 0 Å². The van der Waals surface area contributed by atoms with Crippen LogP contribution in [-0.2, 0) is 4.79 Å². The highest BCUT2D eigenvalue weighted by Crippen LogP contribution is 2.24. The number of aromatic nitrogens is 2. The molecule has 106 valence electrons. The van der Waals surface area contributed by atoms with Crippen molar-refractivity contribution in [1.82, 2.24) is 20.8 Å². The molecule has 0 bridgehead atoms. The topological polar surface area (TPSA) is 80.0 Å². The van der Waals surface area contributed by atoms with Crippen molar-refractivity contribution >= 4 is 5.91 Å². The first-order chi connectivity index (χ1) is 9.16. The zero-order valence-corrected chi connectivity index (χ0v) is 11.6. The molecule has 1 amide bonds. The predicted molar refractivity (Wildman–Crippen MR) is 70.2 cm³/mol. The zero-order valence-electron chi connectivity index (χ0n) is 11.6. The minimum Gasteiger partial charge on any atom is -0.346 e. The molecule has 1 aromatic heterocycles. The molecule has 6 heteroatoms. The van der Waals surface area contributed by atoms with Gasteiger partial charge in [-0.05, 0) is 44.7 Å². The van der Waals surface area contributed by atoms with E-state index < -0.39 is 0 Å². The van der Waals surface area contributed by atoms with E-state index in [2.05, 4.69) is 32.2 Å². The number of hydrogen-bond donors (Lipinski definition) is 2. The van der Waals surface area contributed by atoms with Gasteiger partial charge in [0.05, 0.1) is 6.04 Å². The molecule has 2 N–H and O–H groups in total. The van der Waals surface area contributed by atoms with Crippen LogP contribution in [0.25, 0.3) is 0 Å². The first kappa shape index (κ1) is 14.0. The highest BCUT2D eigenvalue weighted by molar-refractivity contribution is 5.76. The van der Waals surface area contributed by atoms with Gasteiger partial charge in [0.1, 0.15) is 0 Å². The summed E-state index contributed by atoms with van der Waals surface area (Å²) in [6.07, 6.45) is 4.16. The van der Waals surface area contributed by atoms with Crippen LogP contribution in [0.4, 0.5) is 0 Å². The van der Waals surface area contributed by atoms with Crippen LogP contribution in [-0.4, -0.2) is 29.1 Å². The fourth-order valence-corrected chi connectivity index (χ4v) is 2.61. The Hall–Kier alpha value is -1.43. The molecule has 1 aromatic rings. The van der Waals surface area contributed by atoms with E-state index in [1.807, 2.05) is 6.92 Å². The third-order valence-corrected chi connectivity index (χ3v) is 3.84. The number of nitrogens with zero attached hydrogens (tertiary/aromatic N) is 2. The van der Waals surface area contributed by atoms with E-state index in [0.29, 0.717) is 24.1 Å². The van der Waals surface area contributed by atoms with Gasteiger partial charge in [-0.2, -0.15) is 4.98 Å². The predicted octanol–water partition coefficient (Wildman–Crippen LogP) is 1.27. The van der Waals surface area contributed by atoms with Crippen molar-refractivity contribution in [3.8, 4) is 0 Å². The molecule has 1 fully saturated rings. The molecule has 2 unspecified atom stereocenters. The maximum absolute atomic E-state index is 12.0. The lowest BCUT2D eigenvalue weighted by Gasteiger charge is -2.28. The normalized spacial score (nSPS) is 19.9. The van der Waals surface area contributed by atoms with Gasteiger partial charge in [-0.1, -0.05) is 12.1 Å². The fourth-order valence-electron chi connectivity index (χ4n) is 2.61. The minimum absolute atomic E-state index is 0.0586. The van der Waals surface area contributed by atoms with Gasteiger partial charge in [0.15, 0.2) is 5.82 Å². The van der Waals surface area contributed by atoms with Crippen molar-refractivity contribution in [3.63, 3.8) is 0 Å². The smallest absolute Gasteiger partial charge is 0.220 e. The second-order valence-electron chi connectivity index (χ2n) is 5.35.